The summed E-state index contributed by atoms with van der Waals surface area (Å²) in [5.74, 6) is -0.737. The van der Waals surface area contributed by atoms with Gasteiger partial charge in [0.15, 0.2) is 5.72 Å². The third kappa shape index (κ3) is 5.06. The highest BCUT2D eigenvalue weighted by atomic mass is 35.5. The van der Waals surface area contributed by atoms with Gasteiger partial charge in [-0.1, -0.05) is 30.7 Å². The van der Waals surface area contributed by atoms with E-state index in [1.165, 1.54) is 41.9 Å². The first-order chi connectivity index (χ1) is 20.3. The number of carbonyl (C=O) groups excluding carboxylic acids is 1. The van der Waals surface area contributed by atoms with Gasteiger partial charge in [-0.15, -0.1) is 0 Å². The highest BCUT2D eigenvalue weighted by Gasteiger charge is 2.57. The van der Waals surface area contributed by atoms with Crippen LogP contribution in [0.2, 0.25) is 5.02 Å². The second-order valence-corrected chi connectivity index (χ2v) is 12.7. The molecule has 0 radical (unpaired) electrons. The van der Waals surface area contributed by atoms with Gasteiger partial charge in [0.05, 0.1) is 36.6 Å². The summed E-state index contributed by atoms with van der Waals surface area (Å²) in [7, 11) is 3.26. The minimum absolute atomic E-state index is 0.0132. The zero-order chi connectivity index (χ0) is 30.8. The maximum absolute atomic E-state index is 16.7. The van der Waals surface area contributed by atoms with Crippen molar-refractivity contribution in [1.82, 2.24) is 14.7 Å². The van der Waals surface area contributed by atoms with Crippen LogP contribution in [0.25, 0.3) is 0 Å². The zero-order valence-electron chi connectivity index (χ0n) is 24.5. The number of hydrogen-bond acceptors (Lipinski definition) is 7. The fourth-order valence-corrected chi connectivity index (χ4v) is 5.96. The van der Waals surface area contributed by atoms with Gasteiger partial charge in [0.25, 0.3) is 5.91 Å². The number of benzene rings is 2. The molecule has 1 aromatic heterocycles. The van der Waals surface area contributed by atoms with Crippen molar-refractivity contribution in [2.45, 2.75) is 50.0 Å². The van der Waals surface area contributed by atoms with Gasteiger partial charge in [0, 0.05) is 47.6 Å². The number of amides is 1. The van der Waals surface area contributed by atoms with Crippen LogP contribution in [0.3, 0.4) is 0 Å². The highest BCUT2D eigenvalue weighted by Crippen LogP contribution is 2.51. The first-order valence-corrected chi connectivity index (χ1v) is 14.5. The number of halogens is 2. The monoisotopic (exact) mass is 608 g/mol. The van der Waals surface area contributed by atoms with E-state index in [9.17, 15) is 15.0 Å². The summed E-state index contributed by atoms with van der Waals surface area (Å²) in [6.45, 7) is 3.47. The summed E-state index contributed by atoms with van der Waals surface area (Å²) in [5, 5.41) is 27.0. The topological polar surface area (TPSA) is 109 Å². The molecule has 1 amide bonds. The lowest BCUT2D eigenvalue weighted by Crippen LogP contribution is -2.52. The number of fused-ring (bicyclic) bond motifs is 1. The molecule has 3 heterocycles. The Morgan fingerprint density at radius 1 is 1.19 bits per heavy atom. The summed E-state index contributed by atoms with van der Waals surface area (Å²) in [6, 6.07) is 9.48. The number of rotatable bonds is 9. The van der Waals surface area contributed by atoms with Crippen molar-refractivity contribution in [3.05, 3.63) is 99.4 Å². The minimum atomic E-state index is -1.74. The fourth-order valence-electron chi connectivity index (χ4n) is 5.83. The van der Waals surface area contributed by atoms with Crippen LogP contribution in [0.1, 0.15) is 65.7 Å². The molecule has 0 bridgehead atoms. The van der Waals surface area contributed by atoms with Gasteiger partial charge in [-0.25, -0.2) is 9.38 Å². The molecular formula is C32H34ClFN4O5. The summed E-state index contributed by atoms with van der Waals surface area (Å²) in [6.07, 6.45) is 8.30. The van der Waals surface area contributed by atoms with E-state index in [2.05, 4.69) is 10.1 Å². The Kier molecular flexibility index (Phi) is 7.04. The zero-order valence-corrected chi connectivity index (χ0v) is 25.2. The number of nitrogens with zero attached hydrogens (tertiary/aromatic N) is 4. The molecular weight excluding hydrogens is 575 g/mol. The van der Waals surface area contributed by atoms with Crippen molar-refractivity contribution >= 4 is 23.7 Å². The molecule has 9 nitrogen and oxygen atoms in total. The molecule has 1 fully saturated rings. The predicted molar refractivity (Wildman–Crippen MR) is 158 cm³/mol. The van der Waals surface area contributed by atoms with E-state index in [0.717, 1.165) is 0 Å². The number of hydrogen-bond donors (Lipinski definition) is 2. The van der Waals surface area contributed by atoms with Crippen LogP contribution in [0, 0.1) is 11.2 Å². The van der Waals surface area contributed by atoms with E-state index >= 15 is 4.39 Å². The Labute approximate surface area is 254 Å². The number of allylic oxidation sites excluding steroid dienone is 1. The molecule has 0 saturated heterocycles. The van der Waals surface area contributed by atoms with Crippen LogP contribution in [-0.2, 0) is 27.8 Å². The van der Waals surface area contributed by atoms with Gasteiger partial charge >= 0.3 is 0 Å². The van der Waals surface area contributed by atoms with Gasteiger partial charge < -0.3 is 24.6 Å². The largest absolute Gasteiger partial charge is 0.481 e. The molecule has 2 N–H and O–H groups in total. The van der Waals surface area contributed by atoms with E-state index in [1.807, 2.05) is 13.0 Å². The average molecular weight is 609 g/mol. The maximum Gasteiger partial charge on any atom is 0.257 e. The average Bonchev–Trinajstić information content (AvgIpc) is 3.46. The van der Waals surface area contributed by atoms with E-state index in [1.54, 1.807) is 43.7 Å². The van der Waals surface area contributed by atoms with E-state index in [-0.39, 0.29) is 29.8 Å². The highest BCUT2D eigenvalue weighted by molar-refractivity contribution is 6.30. The van der Waals surface area contributed by atoms with Crippen molar-refractivity contribution in [2.24, 2.45) is 17.5 Å². The molecule has 1 aliphatic carbocycles. The molecule has 3 aliphatic rings. The van der Waals surface area contributed by atoms with Gasteiger partial charge in [-0.3, -0.25) is 9.48 Å². The number of carbonyl (C=O) groups is 1. The summed E-state index contributed by atoms with van der Waals surface area (Å²) in [5.41, 5.74) is -3.92. The second kappa shape index (κ2) is 10.3. The molecule has 6 rings (SSSR count). The Balaban J connectivity index is 1.54. The Hall–Kier alpha value is -3.57. The smallest absolute Gasteiger partial charge is 0.257 e. The van der Waals surface area contributed by atoms with Crippen LogP contribution in [0.4, 0.5) is 4.39 Å². The molecule has 43 heavy (non-hydrogen) atoms. The lowest BCUT2D eigenvalue weighted by molar-refractivity contribution is -0.140. The molecule has 3 aromatic rings. The summed E-state index contributed by atoms with van der Waals surface area (Å²) < 4.78 is 30.1. The van der Waals surface area contributed by atoms with Gasteiger partial charge in [0.2, 0.25) is 5.88 Å². The van der Waals surface area contributed by atoms with Crippen molar-refractivity contribution in [1.29, 1.82) is 0 Å². The molecule has 2 aliphatic heterocycles. The third-order valence-corrected chi connectivity index (χ3v) is 8.95. The number of aliphatic imine (C=N–C) groups is 1. The van der Waals surface area contributed by atoms with Gasteiger partial charge in [0.1, 0.15) is 11.4 Å². The number of aromatic nitrogens is 2. The van der Waals surface area contributed by atoms with E-state index in [0.29, 0.717) is 41.3 Å². The molecule has 2 unspecified atom stereocenters. The normalized spacial score (nSPS) is 25.3. The van der Waals surface area contributed by atoms with Crippen LogP contribution in [0.5, 0.6) is 0 Å². The number of ether oxygens (including phenoxy) is 2. The van der Waals surface area contributed by atoms with E-state index < -0.39 is 34.1 Å². The number of methoxy groups -OCH3 is 1. The third-order valence-electron chi connectivity index (χ3n) is 8.70. The van der Waals surface area contributed by atoms with Crippen molar-refractivity contribution in [3.63, 3.8) is 0 Å². The summed E-state index contributed by atoms with van der Waals surface area (Å²) in [4.78, 5) is 20.4. The van der Waals surface area contributed by atoms with Gasteiger partial charge in [-0.05, 0) is 62.1 Å². The molecule has 1 saturated carbocycles. The molecule has 2 aromatic carbocycles. The Morgan fingerprint density at radius 3 is 2.49 bits per heavy atom. The maximum atomic E-state index is 16.7. The van der Waals surface area contributed by atoms with Crippen LogP contribution in [0.15, 0.2) is 65.7 Å². The van der Waals surface area contributed by atoms with Crippen LogP contribution in [-0.4, -0.2) is 62.9 Å². The van der Waals surface area contributed by atoms with E-state index in [4.69, 9.17) is 21.1 Å². The second-order valence-electron chi connectivity index (χ2n) is 12.3. The van der Waals surface area contributed by atoms with Gasteiger partial charge in [-0.2, -0.15) is 5.10 Å². The lowest BCUT2D eigenvalue weighted by atomic mass is 9.84. The predicted octanol–water partition coefficient (Wildman–Crippen LogP) is 4.64. The fraction of sp³-hybridized carbons (Fsp3) is 0.406. The Morgan fingerprint density at radius 2 is 1.91 bits per heavy atom. The first-order valence-electron chi connectivity index (χ1n) is 14.1. The quantitative estimate of drug-likeness (QED) is 0.367. The summed E-state index contributed by atoms with van der Waals surface area (Å²) >= 11 is 6.25. The number of aryl methyl sites for hydroxylation is 1. The van der Waals surface area contributed by atoms with Crippen LogP contribution < -0.4 is 0 Å². The number of aliphatic hydroxyl groups is 2. The van der Waals surface area contributed by atoms with Crippen LogP contribution >= 0.6 is 11.6 Å². The lowest BCUT2D eigenvalue weighted by Gasteiger charge is -2.43. The van der Waals surface area contributed by atoms with Crippen molar-refractivity contribution in [2.75, 3.05) is 20.3 Å². The van der Waals surface area contributed by atoms with Crippen molar-refractivity contribution < 1.29 is 28.9 Å². The Bertz CT molecular complexity index is 1650. The standard InChI is InChI=1S/C32H34ClFN4O5/c1-29(10-9-26(42-4)35-17-29)18-38-28(39)24-13-21(30(2,40)22-15-36-37(3)16-22)14-25(34)27(24)32(38,43-19-31(41)11-12-31)20-5-7-23(33)8-6-20/h5-9,13-17,40-41H,10-12,18-19H2,1-4H3/t29?,30?,32-/m1/s1. The molecule has 226 valence electrons. The SMILES string of the molecule is COC1=CCC(C)(CN2C(=O)c3cc(C(C)(O)c4cnn(C)c4)cc(F)c3[C@]2(OCC2(O)CC2)c2ccc(Cl)cc2)C=N1. The first kappa shape index (κ1) is 29.5. The molecule has 11 heteroatoms. The van der Waals surface area contributed by atoms with Crippen molar-refractivity contribution in [3.8, 4) is 0 Å². The molecule has 3 atom stereocenters. The minimum Gasteiger partial charge on any atom is -0.481 e. The molecule has 0 spiro atoms.